The van der Waals surface area contributed by atoms with Crippen LogP contribution < -0.4 is 4.90 Å². The van der Waals surface area contributed by atoms with Crippen LogP contribution in [-0.2, 0) is 11.3 Å². The van der Waals surface area contributed by atoms with Crippen LogP contribution in [-0.4, -0.2) is 31.4 Å². The summed E-state index contributed by atoms with van der Waals surface area (Å²) in [5, 5.41) is 9.39. The molecule has 16 heavy (non-hydrogen) atoms. The number of hydrogen-bond acceptors (Lipinski definition) is 3. The predicted octanol–water partition coefficient (Wildman–Crippen LogP) is 1.71. The van der Waals surface area contributed by atoms with Crippen LogP contribution >= 0.6 is 0 Å². The van der Waals surface area contributed by atoms with E-state index in [0.717, 1.165) is 44.0 Å². The Hall–Kier alpha value is -1.06. The Balaban J connectivity index is 2.23. The molecule has 1 fully saturated rings. The van der Waals surface area contributed by atoms with E-state index in [9.17, 15) is 5.11 Å². The second-order valence-corrected chi connectivity index (χ2v) is 4.24. The van der Waals surface area contributed by atoms with Crippen LogP contribution in [0, 0.1) is 6.92 Å². The maximum Gasteiger partial charge on any atom is 0.0702 e. The molecule has 3 nitrogen and oxygen atoms in total. The number of aliphatic hydroxyl groups excluding tert-OH is 1. The van der Waals surface area contributed by atoms with Crippen LogP contribution in [0.2, 0.25) is 0 Å². The fraction of sp³-hybridized carbons (Fsp3) is 0.538. The molecular formula is C13H19NO2. The van der Waals surface area contributed by atoms with E-state index in [-0.39, 0.29) is 6.61 Å². The molecular weight excluding hydrogens is 202 g/mol. The van der Waals surface area contributed by atoms with Crippen LogP contribution in [0.15, 0.2) is 18.2 Å². The molecule has 3 heteroatoms. The third-order valence-electron chi connectivity index (χ3n) is 2.97. The van der Waals surface area contributed by atoms with Gasteiger partial charge < -0.3 is 14.7 Å². The van der Waals surface area contributed by atoms with Crippen molar-refractivity contribution in [2.45, 2.75) is 20.0 Å². The number of nitrogens with zero attached hydrogens (tertiary/aromatic N) is 1. The summed E-state index contributed by atoms with van der Waals surface area (Å²) in [6.45, 7) is 5.70. The summed E-state index contributed by atoms with van der Waals surface area (Å²) in [4.78, 5) is 2.30. The average Bonchev–Trinajstić information content (AvgIpc) is 2.57. The van der Waals surface area contributed by atoms with Crippen molar-refractivity contribution < 1.29 is 9.84 Å². The standard InChI is InChI=1S/C13H19NO2/c1-11-3-4-13(12(9-11)10-15)14-5-2-7-16-8-6-14/h3-4,9,15H,2,5-8,10H2,1H3. The zero-order chi connectivity index (χ0) is 11.4. The summed E-state index contributed by atoms with van der Waals surface area (Å²) < 4.78 is 5.44. The Labute approximate surface area is 96.6 Å². The van der Waals surface area contributed by atoms with Crippen molar-refractivity contribution in [2.75, 3.05) is 31.2 Å². The molecule has 1 N–H and O–H groups in total. The molecule has 0 radical (unpaired) electrons. The van der Waals surface area contributed by atoms with Crippen molar-refractivity contribution in [1.82, 2.24) is 0 Å². The molecule has 0 aliphatic carbocycles. The van der Waals surface area contributed by atoms with Gasteiger partial charge in [-0.2, -0.15) is 0 Å². The minimum Gasteiger partial charge on any atom is -0.392 e. The van der Waals surface area contributed by atoms with E-state index in [4.69, 9.17) is 4.74 Å². The summed E-state index contributed by atoms with van der Waals surface area (Å²) in [7, 11) is 0. The minimum absolute atomic E-state index is 0.106. The normalized spacial score (nSPS) is 17.2. The number of rotatable bonds is 2. The largest absolute Gasteiger partial charge is 0.392 e. The van der Waals surface area contributed by atoms with Crippen molar-refractivity contribution in [2.24, 2.45) is 0 Å². The summed E-state index contributed by atoms with van der Waals surface area (Å²) in [5.74, 6) is 0. The molecule has 1 saturated heterocycles. The third-order valence-corrected chi connectivity index (χ3v) is 2.97. The van der Waals surface area contributed by atoms with Gasteiger partial charge in [-0.05, 0) is 19.4 Å². The highest BCUT2D eigenvalue weighted by Crippen LogP contribution is 2.23. The third kappa shape index (κ3) is 2.54. The monoisotopic (exact) mass is 221 g/mol. The van der Waals surface area contributed by atoms with Gasteiger partial charge in [-0.1, -0.05) is 17.7 Å². The van der Waals surface area contributed by atoms with E-state index in [0.29, 0.717) is 0 Å². The molecule has 1 aromatic rings. The van der Waals surface area contributed by atoms with Crippen molar-refractivity contribution in [3.63, 3.8) is 0 Å². The van der Waals surface area contributed by atoms with E-state index >= 15 is 0 Å². The molecule has 1 aliphatic rings. The number of hydrogen-bond donors (Lipinski definition) is 1. The summed E-state index contributed by atoms with van der Waals surface area (Å²) >= 11 is 0. The minimum atomic E-state index is 0.106. The first-order chi connectivity index (χ1) is 7.81. The lowest BCUT2D eigenvalue weighted by Gasteiger charge is -2.24. The van der Waals surface area contributed by atoms with Gasteiger partial charge in [-0.25, -0.2) is 0 Å². The van der Waals surface area contributed by atoms with Gasteiger partial charge in [0.25, 0.3) is 0 Å². The SMILES string of the molecule is Cc1ccc(N2CCCOCC2)c(CO)c1. The maximum absolute atomic E-state index is 9.39. The number of ether oxygens (including phenoxy) is 1. The average molecular weight is 221 g/mol. The van der Waals surface area contributed by atoms with Crippen molar-refractivity contribution in [1.29, 1.82) is 0 Å². The second kappa shape index (κ2) is 5.32. The highest BCUT2D eigenvalue weighted by molar-refractivity contribution is 5.54. The molecule has 2 rings (SSSR count). The Morgan fingerprint density at radius 2 is 2.19 bits per heavy atom. The smallest absolute Gasteiger partial charge is 0.0702 e. The molecule has 0 saturated carbocycles. The predicted molar refractivity (Wildman–Crippen MR) is 64.8 cm³/mol. The quantitative estimate of drug-likeness (QED) is 0.825. The first-order valence-electron chi connectivity index (χ1n) is 5.84. The first-order valence-corrected chi connectivity index (χ1v) is 5.84. The van der Waals surface area contributed by atoms with Crippen molar-refractivity contribution >= 4 is 5.69 Å². The molecule has 1 aromatic carbocycles. The molecule has 1 aliphatic heterocycles. The first kappa shape index (κ1) is 11.4. The van der Waals surface area contributed by atoms with Gasteiger partial charge in [0.05, 0.1) is 13.2 Å². The van der Waals surface area contributed by atoms with Gasteiger partial charge in [0.1, 0.15) is 0 Å². The Bertz CT molecular complexity index is 344. The van der Waals surface area contributed by atoms with E-state index in [1.165, 1.54) is 5.56 Å². The molecule has 0 atom stereocenters. The second-order valence-electron chi connectivity index (χ2n) is 4.24. The summed E-state index contributed by atoms with van der Waals surface area (Å²) in [5.41, 5.74) is 3.36. The van der Waals surface area contributed by atoms with Gasteiger partial charge in [-0.15, -0.1) is 0 Å². The molecule has 88 valence electrons. The fourth-order valence-electron chi connectivity index (χ4n) is 2.14. The van der Waals surface area contributed by atoms with E-state index in [1.807, 2.05) is 0 Å². The molecule has 0 unspecified atom stereocenters. The lowest BCUT2D eigenvalue weighted by Crippen LogP contribution is -2.26. The number of anilines is 1. The van der Waals surface area contributed by atoms with Crippen LogP contribution in [0.5, 0.6) is 0 Å². The molecule has 0 aromatic heterocycles. The molecule has 1 heterocycles. The van der Waals surface area contributed by atoms with Crippen molar-refractivity contribution in [3.8, 4) is 0 Å². The van der Waals surface area contributed by atoms with Crippen LogP contribution in [0.1, 0.15) is 17.5 Å². The van der Waals surface area contributed by atoms with Crippen molar-refractivity contribution in [3.05, 3.63) is 29.3 Å². The van der Waals surface area contributed by atoms with Crippen LogP contribution in [0.4, 0.5) is 5.69 Å². The zero-order valence-corrected chi connectivity index (χ0v) is 9.78. The summed E-state index contributed by atoms with van der Waals surface area (Å²) in [6.07, 6.45) is 1.05. The van der Waals surface area contributed by atoms with Crippen LogP contribution in [0.3, 0.4) is 0 Å². The van der Waals surface area contributed by atoms with E-state index < -0.39 is 0 Å². The maximum atomic E-state index is 9.39. The number of aryl methyl sites for hydroxylation is 1. The van der Waals surface area contributed by atoms with Gasteiger partial charge >= 0.3 is 0 Å². The fourth-order valence-corrected chi connectivity index (χ4v) is 2.14. The Kier molecular flexibility index (Phi) is 3.80. The topological polar surface area (TPSA) is 32.7 Å². The highest BCUT2D eigenvalue weighted by Gasteiger charge is 2.13. The highest BCUT2D eigenvalue weighted by atomic mass is 16.5. The van der Waals surface area contributed by atoms with Crippen LogP contribution in [0.25, 0.3) is 0 Å². The lowest BCUT2D eigenvalue weighted by molar-refractivity contribution is 0.152. The Morgan fingerprint density at radius 3 is 3.00 bits per heavy atom. The molecule has 0 amide bonds. The van der Waals surface area contributed by atoms with E-state index in [2.05, 4.69) is 30.0 Å². The zero-order valence-electron chi connectivity index (χ0n) is 9.78. The Morgan fingerprint density at radius 1 is 1.31 bits per heavy atom. The van der Waals surface area contributed by atoms with Gasteiger partial charge in [0.15, 0.2) is 0 Å². The molecule has 0 bridgehead atoms. The lowest BCUT2D eigenvalue weighted by atomic mass is 10.1. The molecule has 0 spiro atoms. The van der Waals surface area contributed by atoms with Gasteiger partial charge in [0, 0.05) is 30.9 Å². The van der Waals surface area contributed by atoms with Gasteiger partial charge in [-0.3, -0.25) is 0 Å². The number of aliphatic hydroxyl groups is 1. The number of benzene rings is 1. The van der Waals surface area contributed by atoms with E-state index in [1.54, 1.807) is 0 Å². The summed E-state index contributed by atoms with van der Waals surface area (Å²) in [6, 6.07) is 6.26. The van der Waals surface area contributed by atoms with Gasteiger partial charge in [0.2, 0.25) is 0 Å².